The van der Waals surface area contributed by atoms with E-state index in [-0.39, 0.29) is 0 Å². The number of hydrogen-bond donors (Lipinski definition) is 1. The van der Waals surface area contributed by atoms with Crippen molar-refractivity contribution in [3.63, 3.8) is 0 Å². The molecule has 0 amide bonds. The summed E-state index contributed by atoms with van der Waals surface area (Å²) in [5, 5.41) is 4.56. The van der Waals surface area contributed by atoms with Crippen molar-refractivity contribution in [3.8, 4) is 0 Å². The van der Waals surface area contributed by atoms with Crippen molar-refractivity contribution in [3.05, 3.63) is 34.9 Å². The molecule has 2 rings (SSSR count). The Balaban J connectivity index is 2.03. The maximum Gasteiger partial charge on any atom is 0.0406 e. The summed E-state index contributed by atoms with van der Waals surface area (Å²) in [5.41, 5.74) is 1.37. The van der Waals surface area contributed by atoms with E-state index in [1.54, 1.807) is 0 Å². The molecule has 0 saturated carbocycles. The van der Waals surface area contributed by atoms with E-state index in [1.807, 2.05) is 12.1 Å². The van der Waals surface area contributed by atoms with Gasteiger partial charge in [0.1, 0.15) is 0 Å². The van der Waals surface area contributed by atoms with E-state index in [9.17, 15) is 0 Å². The Hall–Kier alpha value is -0.220. The van der Waals surface area contributed by atoms with Crippen LogP contribution in [0.5, 0.6) is 0 Å². The summed E-state index contributed by atoms with van der Waals surface area (Å²) in [6.45, 7) is 4.51. The Morgan fingerprint density at radius 3 is 2.80 bits per heavy atom. The van der Waals surface area contributed by atoms with Crippen LogP contribution in [-0.4, -0.2) is 48.6 Å². The molecule has 20 heavy (non-hydrogen) atoms. The van der Waals surface area contributed by atoms with E-state index in [0.717, 1.165) is 18.0 Å². The van der Waals surface area contributed by atoms with Gasteiger partial charge in [0.15, 0.2) is 0 Å². The van der Waals surface area contributed by atoms with Crippen LogP contribution in [0.4, 0.5) is 0 Å². The van der Waals surface area contributed by atoms with Crippen molar-refractivity contribution in [1.82, 2.24) is 10.2 Å². The number of halogens is 1. The van der Waals surface area contributed by atoms with Crippen LogP contribution in [0.3, 0.4) is 0 Å². The lowest BCUT2D eigenvalue weighted by Gasteiger charge is -2.38. The lowest BCUT2D eigenvalue weighted by Crippen LogP contribution is -2.53. The predicted octanol–water partition coefficient (Wildman–Crippen LogP) is 3.30. The fourth-order valence-electron chi connectivity index (χ4n) is 2.68. The Morgan fingerprint density at radius 1 is 1.40 bits per heavy atom. The molecule has 0 radical (unpaired) electrons. The molecule has 2 unspecified atom stereocenters. The number of nitrogens with one attached hydrogen (secondary N) is 1. The van der Waals surface area contributed by atoms with Gasteiger partial charge in [-0.25, -0.2) is 0 Å². The third-order valence-corrected chi connectivity index (χ3v) is 5.23. The van der Waals surface area contributed by atoms with Gasteiger partial charge in [-0.1, -0.05) is 30.7 Å². The zero-order valence-corrected chi connectivity index (χ0v) is 14.0. The molecular weight excluding hydrogens is 288 g/mol. The van der Waals surface area contributed by atoms with Crippen molar-refractivity contribution in [2.75, 3.05) is 31.6 Å². The average Bonchev–Trinajstić information content (AvgIpc) is 2.46. The fraction of sp³-hybridized carbons (Fsp3) is 0.625. The highest BCUT2D eigenvalue weighted by Crippen LogP contribution is 2.20. The molecule has 2 atom stereocenters. The van der Waals surface area contributed by atoms with Crippen LogP contribution in [0.2, 0.25) is 5.02 Å². The first kappa shape index (κ1) is 16.2. The van der Waals surface area contributed by atoms with Crippen LogP contribution in [0, 0.1) is 0 Å². The van der Waals surface area contributed by atoms with Crippen molar-refractivity contribution in [2.24, 2.45) is 0 Å². The topological polar surface area (TPSA) is 15.3 Å². The second-order valence-corrected chi connectivity index (χ2v) is 7.10. The molecule has 1 N–H and O–H groups in total. The predicted molar refractivity (Wildman–Crippen MR) is 91.0 cm³/mol. The molecule has 1 aliphatic rings. The molecule has 1 aliphatic heterocycles. The molecule has 1 aromatic rings. The van der Waals surface area contributed by atoms with E-state index < -0.39 is 0 Å². The van der Waals surface area contributed by atoms with Crippen LogP contribution in [0.1, 0.15) is 18.9 Å². The molecule has 4 heteroatoms. The Labute approximate surface area is 132 Å². The van der Waals surface area contributed by atoms with E-state index in [0.29, 0.717) is 12.1 Å². The quantitative estimate of drug-likeness (QED) is 0.867. The Morgan fingerprint density at radius 2 is 2.15 bits per heavy atom. The van der Waals surface area contributed by atoms with Crippen molar-refractivity contribution < 1.29 is 0 Å². The summed E-state index contributed by atoms with van der Waals surface area (Å²) in [4.78, 5) is 2.51. The van der Waals surface area contributed by atoms with Crippen LogP contribution < -0.4 is 5.32 Å². The highest BCUT2D eigenvalue weighted by molar-refractivity contribution is 7.99. The molecule has 0 aliphatic carbocycles. The number of hydrogen-bond acceptors (Lipinski definition) is 3. The summed E-state index contributed by atoms with van der Waals surface area (Å²) in [7, 11) is 2.26. The SMILES string of the molecule is CCCNC(Cc1ccc(Cl)cc1)C1CSCCN1C. The molecular formula is C16H25ClN2S. The van der Waals surface area contributed by atoms with Gasteiger partial charge in [0.2, 0.25) is 0 Å². The van der Waals surface area contributed by atoms with Gasteiger partial charge < -0.3 is 10.2 Å². The van der Waals surface area contributed by atoms with Gasteiger partial charge in [-0.3, -0.25) is 0 Å². The van der Waals surface area contributed by atoms with Gasteiger partial charge in [-0.2, -0.15) is 11.8 Å². The lowest BCUT2D eigenvalue weighted by molar-refractivity contribution is 0.213. The lowest BCUT2D eigenvalue weighted by atomic mass is 9.99. The Bertz CT molecular complexity index is 396. The minimum atomic E-state index is 0.522. The Kier molecular flexibility index (Phi) is 6.69. The summed E-state index contributed by atoms with van der Waals surface area (Å²) >= 11 is 8.06. The summed E-state index contributed by atoms with van der Waals surface area (Å²) in [5.74, 6) is 2.49. The molecule has 1 fully saturated rings. The van der Waals surface area contributed by atoms with Gasteiger partial charge in [0.05, 0.1) is 0 Å². The van der Waals surface area contributed by atoms with Gasteiger partial charge in [-0.15, -0.1) is 0 Å². The maximum atomic E-state index is 5.98. The standard InChI is InChI=1S/C16H25ClN2S/c1-3-8-18-15(16-12-20-10-9-19(16)2)11-13-4-6-14(17)7-5-13/h4-7,15-16,18H,3,8-12H2,1-2H3. The number of rotatable bonds is 6. The largest absolute Gasteiger partial charge is 0.312 e. The van der Waals surface area contributed by atoms with Crippen molar-refractivity contribution in [1.29, 1.82) is 0 Å². The smallest absolute Gasteiger partial charge is 0.0406 e. The van der Waals surface area contributed by atoms with E-state index in [4.69, 9.17) is 11.6 Å². The number of benzene rings is 1. The molecule has 1 aromatic carbocycles. The first-order valence-electron chi connectivity index (χ1n) is 7.46. The molecule has 1 saturated heterocycles. The van der Waals surface area contributed by atoms with E-state index in [1.165, 1.54) is 30.0 Å². The maximum absolute atomic E-state index is 5.98. The van der Waals surface area contributed by atoms with E-state index >= 15 is 0 Å². The zero-order valence-electron chi connectivity index (χ0n) is 12.4. The van der Waals surface area contributed by atoms with Gasteiger partial charge in [0, 0.05) is 35.2 Å². The van der Waals surface area contributed by atoms with Crippen LogP contribution in [0.15, 0.2) is 24.3 Å². The minimum absolute atomic E-state index is 0.522. The highest BCUT2D eigenvalue weighted by Gasteiger charge is 2.27. The summed E-state index contributed by atoms with van der Waals surface area (Å²) in [6, 6.07) is 9.43. The fourth-order valence-corrected chi connectivity index (χ4v) is 4.12. The first-order chi connectivity index (χ1) is 9.70. The molecule has 2 nitrogen and oxygen atoms in total. The normalized spacial score (nSPS) is 21.9. The monoisotopic (exact) mass is 312 g/mol. The molecule has 1 heterocycles. The summed E-state index contributed by atoms with van der Waals surface area (Å²) in [6.07, 6.45) is 2.26. The van der Waals surface area contributed by atoms with Crippen molar-refractivity contribution in [2.45, 2.75) is 31.8 Å². The van der Waals surface area contributed by atoms with Crippen molar-refractivity contribution >= 4 is 23.4 Å². The minimum Gasteiger partial charge on any atom is -0.312 e. The van der Waals surface area contributed by atoms with Gasteiger partial charge in [-0.05, 0) is 44.1 Å². The van der Waals surface area contributed by atoms with Crippen LogP contribution in [-0.2, 0) is 6.42 Å². The van der Waals surface area contributed by atoms with E-state index in [2.05, 4.69) is 48.1 Å². The zero-order chi connectivity index (χ0) is 14.4. The second-order valence-electron chi connectivity index (χ2n) is 5.51. The van der Waals surface area contributed by atoms with Gasteiger partial charge in [0.25, 0.3) is 0 Å². The number of thioether (sulfide) groups is 1. The third-order valence-electron chi connectivity index (χ3n) is 3.93. The molecule has 0 spiro atoms. The molecule has 0 aromatic heterocycles. The first-order valence-corrected chi connectivity index (χ1v) is 8.99. The van der Waals surface area contributed by atoms with Crippen LogP contribution in [0.25, 0.3) is 0 Å². The summed E-state index contributed by atoms with van der Waals surface area (Å²) < 4.78 is 0. The number of likely N-dealkylation sites (N-methyl/N-ethyl adjacent to an activating group) is 1. The second kappa shape index (κ2) is 8.28. The van der Waals surface area contributed by atoms with Gasteiger partial charge >= 0.3 is 0 Å². The number of nitrogens with zero attached hydrogens (tertiary/aromatic N) is 1. The average molecular weight is 313 g/mol. The third kappa shape index (κ3) is 4.66. The highest BCUT2D eigenvalue weighted by atomic mass is 35.5. The van der Waals surface area contributed by atoms with Crippen LogP contribution >= 0.6 is 23.4 Å². The molecule has 0 bridgehead atoms. The molecule has 112 valence electrons.